The van der Waals surface area contributed by atoms with Crippen molar-refractivity contribution in [3.8, 4) is 5.75 Å². The number of halogens is 1. The maximum atomic E-state index is 13.4. The van der Waals surface area contributed by atoms with Crippen LogP contribution >= 0.6 is 11.6 Å². The number of rotatable bonds is 9. The number of ether oxygens (including phenoxy) is 1. The summed E-state index contributed by atoms with van der Waals surface area (Å²) in [6.07, 6.45) is 0. The Bertz CT molecular complexity index is 1180. The number of carbonyl (C=O) groups excluding carboxylic acids is 1. The van der Waals surface area contributed by atoms with E-state index >= 15 is 0 Å². The predicted octanol–water partition coefficient (Wildman–Crippen LogP) is 5.12. The summed E-state index contributed by atoms with van der Waals surface area (Å²) in [6.45, 7) is 5.87. The van der Waals surface area contributed by atoms with Crippen molar-refractivity contribution in [1.82, 2.24) is 5.32 Å². The molecule has 8 heteroatoms. The first kappa shape index (κ1) is 24.6. The number of hydrogen-bond acceptors (Lipinski definition) is 4. The fourth-order valence-corrected chi connectivity index (χ4v) is 4.83. The van der Waals surface area contributed by atoms with E-state index in [9.17, 15) is 13.2 Å². The molecule has 1 N–H and O–H groups in total. The number of nitrogens with zero attached hydrogens (tertiary/aromatic N) is 1. The summed E-state index contributed by atoms with van der Waals surface area (Å²) < 4.78 is 33.4. The Balaban J connectivity index is 1.83. The summed E-state index contributed by atoms with van der Waals surface area (Å²) in [5, 5.41) is 3.31. The van der Waals surface area contributed by atoms with Gasteiger partial charge in [-0.1, -0.05) is 41.4 Å². The van der Waals surface area contributed by atoms with Crippen LogP contribution in [0.25, 0.3) is 0 Å². The molecule has 0 aliphatic rings. The third kappa shape index (κ3) is 6.27. The molecule has 3 aromatic carbocycles. The van der Waals surface area contributed by atoms with E-state index in [1.807, 2.05) is 45.0 Å². The van der Waals surface area contributed by atoms with Crippen molar-refractivity contribution in [3.63, 3.8) is 0 Å². The monoisotopic (exact) mass is 486 g/mol. The highest BCUT2D eigenvalue weighted by Crippen LogP contribution is 2.25. The zero-order chi connectivity index (χ0) is 24.0. The topological polar surface area (TPSA) is 75.7 Å². The van der Waals surface area contributed by atoms with E-state index in [0.717, 1.165) is 21.2 Å². The molecule has 0 unspecified atom stereocenters. The molecule has 0 aliphatic carbocycles. The summed E-state index contributed by atoms with van der Waals surface area (Å²) in [7, 11) is -3.99. The average Bonchev–Trinajstić information content (AvgIpc) is 2.79. The zero-order valence-corrected chi connectivity index (χ0v) is 20.4. The summed E-state index contributed by atoms with van der Waals surface area (Å²) in [4.78, 5) is 13.0. The number of amides is 1. The quantitative estimate of drug-likeness (QED) is 0.455. The highest BCUT2D eigenvalue weighted by Gasteiger charge is 2.27. The fourth-order valence-electron chi connectivity index (χ4n) is 3.28. The molecule has 0 saturated carbocycles. The Morgan fingerprint density at radius 1 is 1.00 bits per heavy atom. The first-order valence-electron chi connectivity index (χ1n) is 10.6. The lowest BCUT2D eigenvalue weighted by Gasteiger charge is -2.25. The van der Waals surface area contributed by atoms with Gasteiger partial charge >= 0.3 is 0 Å². The van der Waals surface area contributed by atoms with Crippen LogP contribution in [0, 0.1) is 6.92 Å². The molecule has 1 atom stereocenters. The van der Waals surface area contributed by atoms with Gasteiger partial charge in [0, 0.05) is 5.02 Å². The molecule has 0 aliphatic heterocycles. The predicted molar refractivity (Wildman–Crippen MR) is 131 cm³/mol. The molecule has 3 aromatic rings. The third-order valence-electron chi connectivity index (χ3n) is 5.08. The van der Waals surface area contributed by atoms with Crippen molar-refractivity contribution in [2.45, 2.75) is 31.7 Å². The highest BCUT2D eigenvalue weighted by atomic mass is 35.5. The summed E-state index contributed by atoms with van der Waals surface area (Å²) in [6, 6.07) is 20.0. The van der Waals surface area contributed by atoms with E-state index in [-0.39, 0.29) is 17.5 Å². The largest absolute Gasteiger partial charge is 0.494 e. The molecule has 1 amide bonds. The van der Waals surface area contributed by atoms with Gasteiger partial charge in [-0.25, -0.2) is 8.42 Å². The number of nitrogens with one attached hydrogen (secondary N) is 1. The maximum absolute atomic E-state index is 13.4. The third-order valence-corrected chi connectivity index (χ3v) is 7.12. The number of aryl methyl sites for hydroxylation is 1. The maximum Gasteiger partial charge on any atom is 0.264 e. The first-order chi connectivity index (χ1) is 15.7. The van der Waals surface area contributed by atoms with Crippen LogP contribution in [0.1, 0.15) is 31.0 Å². The molecule has 0 heterocycles. The van der Waals surface area contributed by atoms with Gasteiger partial charge in [-0.3, -0.25) is 9.10 Å². The standard InChI is InChI=1S/C25H27ClN2O4S/c1-4-32-23-13-7-20(8-14-23)19(3)27-25(29)17-28(22-11-5-18(2)6-12-22)33(30,31)24-15-9-21(26)10-16-24/h5-16,19H,4,17H2,1-3H3,(H,27,29)/t19-/m1/s1. The normalized spacial score (nSPS) is 12.1. The Morgan fingerprint density at radius 2 is 1.61 bits per heavy atom. The van der Waals surface area contributed by atoms with Gasteiger partial charge in [-0.05, 0) is 74.9 Å². The van der Waals surface area contributed by atoms with Crippen LogP contribution in [0.3, 0.4) is 0 Å². The molecule has 33 heavy (non-hydrogen) atoms. The fraction of sp³-hybridized carbons (Fsp3) is 0.240. The molecule has 0 spiro atoms. The summed E-state index contributed by atoms with van der Waals surface area (Å²) in [5.74, 6) is 0.328. The molecule has 0 fully saturated rings. The van der Waals surface area contributed by atoms with Crippen molar-refractivity contribution in [3.05, 3.63) is 88.9 Å². The molecule has 174 valence electrons. The minimum Gasteiger partial charge on any atom is -0.494 e. The average molecular weight is 487 g/mol. The lowest BCUT2D eigenvalue weighted by Crippen LogP contribution is -2.41. The number of benzene rings is 3. The van der Waals surface area contributed by atoms with Crippen LogP contribution in [0.4, 0.5) is 5.69 Å². The first-order valence-corrected chi connectivity index (χ1v) is 12.4. The Hall–Kier alpha value is -3.03. The van der Waals surface area contributed by atoms with Gasteiger partial charge in [-0.15, -0.1) is 0 Å². The van der Waals surface area contributed by atoms with E-state index < -0.39 is 15.9 Å². The summed E-state index contributed by atoms with van der Waals surface area (Å²) in [5.41, 5.74) is 2.27. The van der Waals surface area contributed by atoms with Gasteiger partial charge < -0.3 is 10.1 Å². The minimum absolute atomic E-state index is 0.0554. The lowest BCUT2D eigenvalue weighted by atomic mass is 10.1. The smallest absolute Gasteiger partial charge is 0.264 e. The van der Waals surface area contributed by atoms with E-state index in [1.165, 1.54) is 24.3 Å². The summed E-state index contributed by atoms with van der Waals surface area (Å²) >= 11 is 5.92. The van der Waals surface area contributed by atoms with Gasteiger partial charge in [0.25, 0.3) is 10.0 Å². The van der Waals surface area contributed by atoms with Crippen LogP contribution in [0.5, 0.6) is 5.75 Å². The van der Waals surface area contributed by atoms with Crippen molar-refractivity contribution in [2.24, 2.45) is 0 Å². The lowest BCUT2D eigenvalue weighted by molar-refractivity contribution is -0.120. The number of hydrogen-bond donors (Lipinski definition) is 1. The van der Waals surface area contributed by atoms with Crippen LogP contribution < -0.4 is 14.4 Å². The molecule has 6 nitrogen and oxygen atoms in total. The minimum atomic E-state index is -3.99. The zero-order valence-electron chi connectivity index (χ0n) is 18.8. The van der Waals surface area contributed by atoms with Crippen LogP contribution in [-0.2, 0) is 14.8 Å². The molecular weight excluding hydrogens is 460 g/mol. The van der Waals surface area contributed by atoms with E-state index in [1.54, 1.807) is 24.3 Å². The van der Waals surface area contributed by atoms with Gasteiger partial charge in [0.05, 0.1) is 23.2 Å². The number of carbonyl (C=O) groups is 1. The van der Waals surface area contributed by atoms with Gasteiger partial charge in [0.1, 0.15) is 12.3 Å². The van der Waals surface area contributed by atoms with Crippen molar-refractivity contribution in [2.75, 3.05) is 17.5 Å². The van der Waals surface area contributed by atoms with Crippen molar-refractivity contribution in [1.29, 1.82) is 0 Å². The molecule has 0 bridgehead atoms. The van der Waals surface area contributed by atoms with E-state index in [0.29, 0.717) is 17.3 Å². The molecule has 0 radical (unpaired) electrons. The second-order valence-corrected chi connectivity index (χ2v) is 9.89. The SMILES string of the molecule is CCOc1ccc([C@@H](C)NC(=O)CN(c2ccc(C)cc2)S(=O)(=O)c2ccc(Cl)cc2)cc1. The molecule has 0 aromatic heterocycles. The van der Waals surface area contributed by atoms with E-state index in [2.05, 4.69) is 5.32 Å². The second-order valence-electron chi connectivity index (χ2n) is 7.59. The van der Waals surface area contributed by atoms with Crippen LogP contribution in [0.2, 0.25) is 5.02 Å². The molecule has 3 rings (SSSR count). The highest BCUT2D eigenvalue weighted by molar-refractivity contribution is 7.92. The van der Waals surface area contributed by atoms with Gasteiger partial charge in [0.2, 0.25) is 5.91 Å². The van der Waals surface area contributed by atoms with E-state index in [4.69, 9.17) is 16.3 Å². The van der Waals surface area contributed by atoms with Crippen molar-refractivity contribution < 1.29 is 17.9 Å². The van der Waals surface area contributed by atoms with Crippen LogP contribution in [0.15, 0.2) is 77.7 Å². The number of anilines is 1. The van der Waals surface area contributed by atoms with Gasteiger partial charge in [-0.2, -0.15) is 0 Å². The van der Waals surface area contributed by atoms with Crippen molar-refractivity contribution >= 4 is 33.2 Å². The molecular formula is C25H27ClN2O4S. The molecule has 0 saturated heterocycles. The Labute approximate surface area is 200 Å². The Kier molecular flexibility index (Phi) is 8.00. The second kappa shape index (κ2) is 10.7. The van der Waals surface area contributed by atoms with Crippen LogP contribution in [-0.4, -0.2) is 27.5 Å². The van der Waals surface area contributed by atoms with Gasteiger partial charge in [0.15, 0.2) is 0 Å². The Morgan fingerprint density at radius 3 is 2.18 bits per heavy atom. The number of sulfonamides is 1.